The minimum absolute atomic E-state index is 0.710. The van der Waals surface area contributed by atoms with Crippen LogP contribution in [-0.4, -0.2) is 17.1 Å². The molecule has 0 bridgehead atoms. The third-order valence-corrected chi connectivity index (χ3v) is 6.75. The molecule has 0 radical (unpaired) electrons. The maximum atomic E-state index is 6.33. The topological polar surface area (TPSA) is 47.0 Å². The summed E-state index contributed by atoms with van der Waals surface area (Å²) in [5, 5.41) is 7.93. The number of methoxy groups -OCH3 is 1. The van der Waals surface area contributed by atoms with Gasteiger partial charge in [0.1, 0.15) is 10.8 Å². The maximum Gasteiger partial charge on any atom is 0.188 e. The highest BCUT2D eigenvalue weighted by molar-refractivity contribution is 7.22. The number of ether oxygens (including phenoxy) is 1. The molecule has 0 amide bonds. The summed E-state index contributed by atoms with van der Waals surface area (Å²) in [6.45, 7) is 0. The van der Waals surface area contributed by atoms with Crippen molar-refractivity contribution in [1.82, 2.24) is 9.97 Å². The molecule has 1 N–H and O–H groups in total. The first kappa shape index (κ1) is 19.1. The number of fused-ring (bicyclic) bond motifs is 1. The van der Waals surface area contributed by atoms with Gasteiger partial charge < -0.3 is 10.1 Å². The minimum Gasteiger partial charge on any atom is -0.497 e. The Balaban J connectivity index is 1.42. The molecule has 2 aromatic heterocycles. The van der Waals surface area contributed by atoms with Gasteiger partial charge in [0.2, 0.25) is 0 Å². The predicted octanol–water partition coefficient (Wildman–Crippen LogP) is 7.49. The smallest absolute Gasteiger partial charge is 0.188 e. The van der Waals surface area contributed by atoms with Gasteiger partial charge in [-0.3, -0.25) is 0 Å². The van der Waals surface area contributed by atoms with Crippen molar-refractivity contribution in [2.75, 3.05) is 12.4 Å². The Bertz CT molecular complexity index is 1350. The highest BCUT2D eigenvalue weighted by Gasteiger charge is 2.11. The molecule has 148 valence electrons. The van der Waals surface area contributed by atoms with Gasteiger partial charge in [-0.05, 0) is 36.4 Å². The summed E-state index contributed by atoms with van der Waals surface area (Å²) in [6, 6.07) is 21.8. The lowest BCUT2D eigenvalue weighted by Crippen LogP contribution is -1.89. The van der Waals surface area contributed by atoms with Crippen LogP contribution < -0.4 is 10.1 Å². The van der Waals surface area contributed by atoms with Crippen molar-refractivity contribution in [2.24, 2.45) is 0 Å². The fourth-order valence-electron chi connectivity index (χ4n) is 3.13. The second-order valence-electron chi connectivity index (χ2n) is 6.58. The van der Waals surface area contributed by atoms with E-state index in [1.54, 1.807) is 29.8 Å². The molecule has 7 heteroatoms. The Morgan fingerprint density at radius 2 is 1.87 bits per heavy atom. The minimum atomic E-state index is 0.710. The second-order valence-corrected chi connectivity index (χ2v) is 8.87. The lowest BCUT2D eigenvalue weighted by molar-refractivity contribution is 0.415. The first-order valence-electron chi connectivity index (χ1n) is 9.22. The summed E-state index contributed by atoms with van der Waals surface area (Å²) < 4.78 is 6.38. The van der Waals surface area contributed by atoms with Gasteiger partial charge in [0, 0.05) is 22.2 Å². The van der Waals surface area contributed by atoms with Crippen molar-refractivity contribution in [3.8, 4) is 27.6 Å². The molecule has 5 rings (SSSR count). The van der Waals surface area contributed by atoms with Gasteiger partial charge in [-0.15, -0.1) is 11.3 Å². The SMILES string of the molecule is COc1ccc2nc(Nc3cccc(-c4csc(-c5ccccc5Cl)n4)c3)sc2c1. The molecule has 0 spiro atoms. The molecule has 3 aromatic carbocycles. The van der Waals surface area contributed by atoms with Gasteiger partial charge in [-0.1, -0.05) is 53.3 Å². The Morgan fingerprint density at radius 1 is 0.967 bits per heavy atom. The number of anilines is 2. The van der Waals surface area contributed by atoms with Crippen molar-refractivity contribution >= 4 is 55.3 Å². The monoisotopic (exact) mass is 449 g/mol. The third-order valence-electron chi connectivity index (χ3n) is 4.61. The Kier molecular flexibility index (Phi) is 5.12. The first-order chi connectivity index (χ1) is 14.7. The zero-order valence-electron chi connectivity index (χ0n) is 15.9. The van der Waals surface area contributed by atoms with Crippen LogP contribution in [0.25, 0.3) is 32.0 Å². The Hall–Kier alpha value is -2.93. The van der Waals surface area contributed by atoms with E-state index in [1.165, 1.54) is 0 Å². The first-order valence-corrected chi connectivity index (χ1v) is 11.3. The quantitative estimate of drug-likeness (QED) is 0.302. The van der Waals surface area contributed by atoms with Gasteiger partial charge in [-0.2, -0.15) is 0 Å². The summed E-state index contributed by atoms with van der Waals surface area (Å²) in [5.74, 6) is 0.831. The van der Waals surface area contributed by atoms with Crippen molar-refractivity contribution in [3.05, 3.63) is 77.1 Å². The van der Waals surface area contributed by atoms with E-state index in [0.717, 1.165) is 48.6 Å². The highest BCUT2D eigenvalue weighted by atomic mass is 35.5. The molecule has 0 fully saturated rings. The number of aromatic nitrogens is 2. The van der Waals surface area contributed by atoms with Crippen LogP contribution >= 0.6 is 34.3 Å². The number of rotatable bonds is 5. The van der Waals surface area contributed by atoms with Crippen molar-refractivity contribution in [2.45, 2.75) is 0 Å². The fourth-order valence-corrected chi connectivity index (χ4v) is 5.19. The zero-order chi connectivity index (χ0) is 20.5. The van der Waals surface area contributed by atoms with Crippen molar-refractivity contribution < 1.29 is 4.74 Å². The standard InChI is InChI=1S/C23H16ClN3OS2/c1-28-16-9-10-19-21(12-16)30-23(27-19)25-15-6-4-5-14(11-15)20-13-29-22(26-20)17-7-2-3-8-18(17)24/h2-13H,1H3,(H,25,27). The number of thiazole rings is 2. The molecule has 0 saturated carbocycles. The maximum absolute atomic E-state index is 6.33. The molecular formula is C23H16ClN3OS2. The van der Waals surface area contributed by atoms with E-state index < -0.39 is 0 Å². The third kappa shape index (κ3) is 3.77. The van der Waals surface area contributed by atoms with E-state index in [0.29, 0.717) is 5.02 Å². The largest absolute Gasteiger partial charge is 0.497 e. The van der Waals surface area contributed by atoms with Gasteiger partial charge in [-0.25, -0.2) is 9.97 Å². The fraction of sp³-hybridized carbons (Fsp3) is 0.0435. The summed E-state index contributed by atoms with van der Waals surface area (Å²) in [6.07, 6.45) is 0. The van der Waals surface area contributed by atoms with Gasteiger partial charge in [0.15, 0.2) is 5.13 Å². The van der Waals surface area contributed by atoms with Crippen molar-refractivity contribution in [1.29, 1.82) is 0 Å². The van der Waals surface area contributed by atoms with E-state index >= 15 is 0 Å². The van der Waals surface area contributed by atoms with Crippen LogP contribution in [0.4, 0.5) is 10.8 Å². The van der Waals surface area contributed by atoms with Gasteiger partial charge in [0.05, 0.1) is 28.0 Å². The van der Waals surface area contributed by atoms with Crippen LogP contribution in [0.2, 0.25) is 5.02 Å². The number of nitrogens with zero attached hydrogens (tertiary/aromatic N) is 2. The molecular weight excluding hydrogens is 434 g/mol. The number of hydrogen-bond acceptors (Lipinski definition) is 6. The van der Waals surface area contributed by atoms with Gasteiger partial charge >= 0.3 is 0 Å². The summed E-state index contributed by atoms with van der Waals surface area (Å²) in [4.78, 5) is 9.46. The average Bonchev–Trinajstić information content (AvgIpc) is 3.40. The van der Waals surface area contributed by atoms with E-state index in [4.69, 9.17) is 21.3 Å². The van der Waals surface area contributed by atoms with E-state index in [9.17, 15) is 0 Å². The molecule has 0 unspecified atom stereocenters. The zero-order valence-corrected chi connectivity index (χ0v) is 18.3. The lowest BCUT2D eigenvalue weighted by atomic mass is 10.1. The van der Waals surface area contributed by atoms with Crippen LogP contribution in [0, 0.1) is 0 Å². The van der Waals surface area contributed by atoms with E-state index in [2.05, 4.69) is 27.8 Å². The van der Waals surface area contributed by atoms with Crippen LogP contribution in [-0.2, 0) is 0 Å². The van der Waals surface area contributed by atoms with Crippen LogP contribution in [0.3, 0.4) is 0 Å². The molecule has 0 aliphatic rings. The molecule has 0 aliphatic heterocycles. The molecule has 2 heterocycles. The molecule has 0 atom stereocenters. The molecule has 0 aliphatic carbocycles. The van der Waals surface area contributed by atoms with Gasteiger partial charge in [0.25, 0.3) is 0 Å². The molecule has 5 aromatic rings. The lowest BCUT2D eigenvalue weighted by Gasteiger charge is -2.04. The highest BCUT2D eigenvalue weighted by Crippen LogP contribution is 2.35. The average molecular weight is 450 g/mol. The second kappa shape index (κ2) is 8.07. The molecule has 30 heavy (non-hydrogen) atoms. The number of benzene rings is 3. The molecule has 0 saturated heterocycles. The summed E-state index contributed by atoms with van der Waals surface area (Å²) >= 11 is 9.51. The van der Waals surface area contributed by atoms with E-state index in [-0.39, 0.29) is 0 Å². The van der Waals surface area contributed by atoms with Crippen LogP contribution in [0.15, 0.2) is 72.1 Å². The number of halogens is 1. The Morgan fingerprint density at radius 3 is 2.73 bits per heavy atom. The summed E-state index contributed by atoms with van der Waals surface area (Å²) in [7, 11) is 1.67. The number of nitrogens with one attached hydrogen (secondary N) is 1. The predicted molar refractivity (Wildman–Crippen MR) is 127 cm³/mol. The van der Waals surface area contributed by atoms with Crippen LogP contribution in [0.5, 0.6) is 5.75 Å². The van der Waals surface area contributed by atoms with Crippen LogP contribution in [0.1, 0.15) is 0 Å². The van der Waals surface area contributed by atoms with E-state index in [1.807, 2.05) is 54.6 Å². The molecule has 4 nitrogen and oxygen atoms in total. The summed E-state index contributed by atoms with van der Waals surface area (Å²) in [5.41, 5.74) is 4.83. The normalized spacial score (nSPS) is 11.0. The Labute approximate surface area is 186 Å². The number of hydrogen-bond donors (Lipinski definition) is 1. The van der Waals surface area contributed by atoms with Crippen molar-refractivity contribution in [3.63, 3.8) is 0 Å².